The molecule has 7 nitrogen and oxygen atoms in total. The van der Waals surface area contributed by atoms with Crippen LogP contribution < -0.4 is 10.1 Å². The molecule has 1 aromatic rings. The van der Waals surface area contributed by atoms with Crippen LogP contribution in [-0.4, -0.2) is 71.7 Å². The molecular formula is C17H30IN3O4S. The summed E-state index contributed by atoms with van der Waals surface area (Å²) < 4.78 is 32.5. The van der Waals surface area contributed by atoms with Crippen LogP contribution in [0.15, 0.2) is 29.3 Å². The zero-order valence-corrected chi connectivity index (χ0v) is 19.0. The standard InChI is InChI=1S/C17H29N3O4S.HI/c1-5-18-17(19-10-11-24-12-13-25(4,21)22)20(2)14-15-6-8-16(23-3)9-7-15;/h6-9H,5,10-14H2,1-4H3,(H,18,19);1H. The number of rotatable bonds is 10. The molecule has 0 aromatic heterocycles. The van der Waals surface area contributed by atoms with Crippen LogP contribution in [0, 0.1) is 0 Å². The number of nitrogens with zero attached hydrogens (tertiary/aromatic N) is 2. The number of sulfone groups is 1. The van der Waals surface area contributed by atoms with Crippen molar-refractivity contribution in [2.45, 2.75) is 13.5 Å². The van der Waals surface area contributed by atoms with Crippen molar-refractivity contribution in [2.75, 3.05) is 52.5 Å². The highest BCUT2D eigenvalue weighted by Crippen LogP contribution is 2.12. The van der Waals surface area contributed by atoms with Gasteiger partial charge < -0.3 is 19.7 Å². The number of aliphatic imine (C=N–C) groups is 1. The summed E-state index contributed by atoms with van der Waals surface area (Å²) in [5.41, 5.74) is 1.15. The zero-order valence-electron chi connectivity index (χ0n) is 15.9. The van der Waals surface area contributed by atoms with Crippen molar-refractivity contribution in [1.29, 1.82) is 0 Å². The van der Waals surface area contributed by atoms with Gasteiger partial charge in [0.15, 0.2) is 5.96 Å². The van der Waals surface area contributed by atoms with Gasteiger partial charge in [0.25, 0.3) is 0 Å². The summed E-state index contributed by atoms with van der Waals surface area (Å²) in [6.45, 7) is 4.55. The van der Waals surface area contributed by atoms with Gasteiger partial charge in [-0.2, -0.15) is 0 Å². The Balaban J connectivity index is 0.00000625. The van der Waals surface area contributed by atoms with Crippen LogP contribution in [0.25, 0.3) is 0 Å². The van der Waals surface area contributed by atoms with Crippen LogP contribution in [0.1, 0.15) is 12.5 Å². The predicted molar refractivity (Wildman–Crippen MR) is 116 cm³/mol. The number of ether oxygens (including phenoxy) is 2. The predicted octanol–water partition coefficient (Wildman–Crippen LogP) is 1.77. The van der Waals surface area contributed by atoms with Crippen LogP contribution in [0.2, 0.25) is 0 Å². The average Bonchev–Trinajstić information content (AvgIpc) is 2.56. The summed E-state index contributed by atoms with van der Waals surface area (Å²) in [5.74, 6) is 1.65. The Morgan fingerprint density at radius 1 is 1.23 bits per heavy atom. The second kappa shape index (κ2) is 13.2. The molecule has 0 amide bonds. The molecule has 0 unspecified atom stereocenters. The van der Waals surface area contributed by atoms with Gasteiger partial charge in [0.05, 0.1) is 32.6 Å². The van der Waals surface area contributed by atoms with E-state index in [0.717, 1.165) is 23.8 Å². The maximum absolute atomic E-state index is 11.0. The highest BCUT2D eigenvalue weighted by Gasteiger charge is 2.07. The topological polar surface area (TPSA) is 80.2 Å². The smallest absolute Gasteiger partial charge is 0.194 e. The van der Waals surface area contributed by atoms with Gasteiger partial charge >= 0.3 is 0 Å². The number of benzene rings is 1. The molecule has 0 spiro atoms. The van der Waals surface area contributed by atoms with Gasteiger partial charge in [-0.3, -0.25) is 4.99 Å². The Labute approximate surface area is 174 Å². The van der Waals surface area contributed by atoms with Crippen molar-refractivity contribution in [1.82, 2.24) is 10.2 Å². The quantitative estimate of drug-likeness (QED) is 0.229. The normalized spacial score (nSPS) is 11.6. The lowest BCUT2D eigenvalue weighted by Gasteiger charge is -2.22. The highest BCUT2D eigenvalue weighted by atomic mass is 127. The number of hydrogen-bond donors (Lipinski definition) is 1. The molecule has 0 aliphatic rings. The minimum Gasteiger partial charge on any atom is -0.497 e. The maximum Gasteiger partial charge on any atom is 0.194 e. The molecule has 1 N–H and O–H groups in total. The molecular weight excluding hydrogens is 469 g/mol. The summed E-state index contributed by atoms with van der Waals surface area (Å²) in [6.07, 6.45) is 1.20. The van der Waals surface area contributed by atoms with Gasteiger partial charge in [0, 0.05) is 26.4 Å². The number of hydrogen-bond acceptors (Lipinski definition) is 5. The molecule has 0 radical (unpaired) electrons. The number of guanidine groups is 1. The van der Waals surface area contributed by atoms with Gasteiger partial charge in [-0.1, -0.05) is 12.1 Å². The third-order valence-corrected chi connectivity index (χ3v) is 4.28. The van der Waals surface area contributed by atoms with Crippen LogP contribution in [0.4, 0.5) is 0 Å². The van der Waals surface area contributed by atoms with Gasteiger partial charge in [-0.15, -0.1) is 24.0 Å². The van der Waals surface area contributed by atoms with E-state index < -0.39 is 9.84 Å². The Bertz CT molecular complexity index is 636. The lowest BCUT2D eigenvalue weighted by Crippen LogP contribution is -2.38. The summed E-state index contributed by atoms with van der Waals surface area (Å²) in [5, 5.41) is 3.24. The van der Waals surface area contributed by atoms with E-state index in [-0.39, 0.29) is 36.3 Å². The number of nitrogens with one attached hydrogen (secondary N) is 1. The van der Waals surface area contributed by atoms with Crippen molar-refractivity contribution in [3.05, 3.63) is 29.8 Å². The molecule has 0 aliphatic carbocycles. The van der Waals surface area contributed by atoms with Gasteiger partial charge in [-0.05, 0) is 24.6 Å². The van der Waals surface area contributed by atoms with E-state index in [0.29, 0.717) is 19.7 Å². The van der Waals surface area contributed by atoms with Gasteiger partial charge in [-0.25, -0.2) is 8.42 Å². The minimum atomic E-state index is -2.98. The third kappa shape index (κ3) is 10.8. The lowest BCUT2D eigenvalue weighted by atomic mass is 10.2. The van der Waals surface area contributed by atoms with E-state index in [1.807, 2.05) is 43.1 Å². The Kier molecular flexibility index (Phi) is 12.6. The van der Waals surface area contributed by atoms with E-state index >= 15 is 0 Å². The minimum absolute atomic E-state index is 0. The molecule has 150 valence electrons. The average molecular weight is 499 g/mol. The molecule has 0 fully saturated rings. The van der Waals surface area contributed by atoms with Crippen molar-refractivity contribution in [2.24, 2.45) is 4.99 Å². The van der Waals surface area contributed by atoms with E-state index in [1.54, 1.807) is 7.11 Å². The fraction of sp³-hybridized carbons (Fsp3) is 0.588. The van der Waals surface area contributed by atoms with Crippen LogP contribution >= 0.6 is 24.0 Å². The van der Waals surface area contributed by atoms with Gasteiger partial charge in [0.1, 0.15) is 15.6 Å². The molecule has 9 heteroatoms. The van der Waals surface area contributed by atoms with E-state index in [1.165, 1.54) is 6.26 Å². The van der Waals surface area contributed by atoms with E-state index in [2.05, 4.69) is 10.3 Å². The zero-order chi connectivity index (χ0) is 18.7. The van der Waals surface area contributed by atoms with Crippen LogP contribution in [0.3, 0.4) is 0 Å². The molecule has 0 bridgehead atoms. The van der Waals surface area contributed by atoms with Crippen LogP contribution in [0.5, 0.6) is 5.75 Å². The summed E-state index contributed by atoms with van der Waals surface area (Å²) in [4.78, 5) is 6.54. The summed E-state index contributed by atoms with van der Waals surface area (Å²) in [7, 11) is 0.637. The molecule has 1 rings (SSSR count). The first kappa shape index (κ1) is 24.9. The fourth-order valence-corrected chi connectivity index (χ4v) is 2.50. The van der Waals surface area contributed by atoms with Gasteiger partial charge in [0.2, 0.25) is 0 Å². The molecule has 0 saturated carbocycles. The molecule has 0 aliphatic heterocycles. The largest absolute Gasteiger partial charge is 0.497 e. The number of halogens is 1. The SMILES string of the molecule is CCNC(=NCCOCCS(C)(=O)=O)N(C)Cc1ccc(OC)cc1.I. The Morgan fingerprint density at radius 2 is 1.88 bits per heavy atom. The lowest BCUT2D eigenvalue weighted by molar-refractivity contribution is 0.157. The fourth-order valence-electron chi connectivity index (χ4n) is 2.08. The summed E-state index contributed by atoms with van der Waals surface area (Å²) >= 11 is 0. The monoisotopic (exact) mass is 499 g/mol. The highest BCUT2D eigenvalue weighted by molar-refractivity contribution is 14.0. The Hall–Kier alpha value is -1.07. The maximum atomic E-state index is 11.0. The molecule has 26 heavy (non-hydrogen) atoms. The van der Waals surface area contributed by atoms with Crippen molar-refractivity contribution >= 4 is 39.8 Å². The second-order valence-electron chi connectivity index (χ2n) is 5.68. The second-order valence-corrected chi connectivity index (χ2v) is 7.94. The summed E-state index contributed by atoms with van der Waals surface area (Å²) in [6, 6.07) is 7.91. The van der Waals surface area contributed by atoms with E-state index in [4.69, 9.17) is 9.47 Å². The molecule has 0 saturated heterocycles. The first-order valence-electron chi connectivity index (χ1n) is 8.23. The Morgan fingerprint density at radius 3 is 2.42 bits per heavy atom. The third-order valence-electron chi connectivity index (χ3n) is 3.37. The van der Waals surface area contributed by atoms with Crippen molar-refractivity contribution in [3.8, 4) is 5.75 Å². The number of methoxy groups -OCH3 is 1. The first-order valence-corrected chi connectivity index (χ1v) is 10.3. The van der Waals surface area contributed by atoms with Crippen LogP contribution in [-0.2, 0) is 21.1 Å². The molecule has 0 heterocycles. The van der Waals surface area contributed by atoms with Crippen molar-refractivity contribution in [3.63, 3.8) is 0 Å². The van der Waals surface area contributed by atoms with E-state index in [9.17, 15) is 8.42 Å². The van der Waals surface area contributed by atoms with Crippen molar-refractivity contribution < 1.29 is 17.9 Å². The molecule has 1 aromatic carbocycles. The molecule has 0 atom stereocenters. The first-order chi connectivity index (χ1) is 11.9.